The largest absolute Gasteiger partial charge is 0.434 e. The van der Waals surface area contributed by atoms with Crippen LogP contribution in [-0.2, 0) is 15.8 Å². The molecule has 2 heterocycles. The first-order chi connectivity index (χ1) is 14.3. The number of anilines is 1. The molecule has 31 heavy (non-hydrogen) atoms. The van der Waals surface area contributed by atoms with E-state index in [0.717, 1.165) is 0 Å². The standard InChI is InChI=1S/C18H12F7N3O3/c19-9-5-7-4-8(13(31)12-10(29)2-1-3-11(12)30)14(18(23,24)25)27-15(7)28-16(9)26-6-17(20,21)22/h4-5,12H,1-3,6H2,(H,26,27,28). The van der Waals surface area contributed by atoms with Crippen LogP contribution in [-0.4, -0.2) is 40.0 Å². The molecule has 0 spiro atoms. The van der Waals surface area contributed by atoms with Crippen LogP contribution in [0, 0.1) is 11.7 Å². The number of hydrogen-bond acceptors (Lipinski definition) is 6. The van der Waals surface area contributed by atoms with Crippen molar-refractivity contribution in [2.75, 3.05) is 11.9 Å². The number of carbonyl (C=O) groups is 3. The predicted molar refractivity (Wildman–Crippen MR) is 90.7 cm³/mol. The van der Waals surface area contributed by atoms with Gasteiger partial charge in [0.05, 0.1) is 5.56 Å². The number of nitrogens with one attached hydrogen (secondary N) is 1. The Morgan fingerprint density at radius 1 is 1.03 bits per heavy atom. The summed E-state index contributed by atoms with van der Waals surface area (Å²) in [5.41, 5.74) is -3.68. The smallest absolute Gasteiger partial charge is 0.359 e. The third-order valence-electron chi connectivity index (χ3n) is 4.50. The number of fused-ring (bicyclic) bond motifs is 1. The van der Waals surface area contributed by atoms with Crippen LogP contribution >= 0.6 is 0 Å². The van der Waals surface area contributed by atoms with E-state index in [2.05, 4.69) is 9.97 Å². The first-order valence-corrected chi connectivity index (χ1v) is 8.76. The van der Waals surface area contributed by atoms with E-state index in [0.29, 0.717) is 12.1 Å². The van der Waals surface area contributed by atoms with Gasteiger partial charge >= 0.3 is 12.4 Å². The first kappa shape index (κ1) is 22.6. The topological polar surface area (TPSA) is 89.0 Å². The minimum absolute atomic E-state index is 0.158. The molecule has 0 bridgehead atoms. The zero-order chi connectivity index (χ0) is 23.1. The molecule has 1 fully saturated rings. The molecule has 2 aromatic rings. The molecule has 0 unspecified atom stereocenters. The highest BCUT2D eigenvalue weighted by Crippen LogP contribution is 2.35. The normalized spacial score (nSPS) is 16.1. The molecular formula is C18H12F7N3O3. The molecule has 6 nitrogen and oxygen atoms in total. The van der Waals surface area contributed by atoms with E-state index in [1.54, 1.807) is 5.32 Å². The second-order valence-electron chi connectivity index (χ2n) is 6.80. The molecule has 0 amide bonds. The lowest BCUT2D eigenvalue weighted by Gasteiger charge is -2.20. The summed E-state index contributed by atoms with van der Waals surface area (Å²) in [6.45, 7) is -1.70. The van der Waals surface area contributed by atoms with Gasteiger partial charge in [0.2, 0.25) is 0 Å². The van der Waals surface area contributed by atoms with Crippen LogP contribution < -0.4 is 5.32 Å². The van der Waals surface area contributed by atoms with Gasteiger partial charge in [-0.05, 0) is 18.6 Å². The zero-order valence-electron chi connectivity index (χ0n) is 15.3. The number of rotatable bonds is 4. The Morgan fingerprint density at radius 2 is 1.65 bits per heavy atom. The molecule has 0 atom stereocenters. The van der Waals surface area contributed by atoms with Crippen molar-refractivity contribution in [2.24, 2.45) is 5.92 Å². The molecule has 3 rings (SSSR count). The number of ketones is 3. The lowest BCUT2D eigenvalue weighted by atomic mass is 9.81. The summed E-state index contributed by atoms with van der Waals surface area (Å²) < 4.78 is 91.7. The van der Waals surface area contributed by atoms with E-state index in [1.807, 2.05) is 0 Å². The maximum absolute atomic E-state index is 14.1. The molecule has 1 aliphatic carbocycles. The monoisotopic (exact) mass is 451 g/mol. The van der Waals surface area contributed by atoms with E-state index in [4.69, 9.17) is 0 Å². The van der Waals surface area contributed by atoms with Gasteiger partial charge in [-0.3, -0.25) is 14.4 Å². The minimum atomic E-state index is -5.23. The van der Waals surface area contributed by atoms with Crippen LogP contribution in [0.5, 0.6) is 0 Å². The molecule has 13 heteroatoms. The molecule has 0 saturated heterocycles. The number of halogens is 7. The summed E-state index contributed by atoms with van der Waals surface area (Å²) in [5, 5.41) is 1.19. The SMILES string of the molecule is O=C1CCCC(=O)C1C(=O)c1cc2cc(F)c(NCC(F)(F)F)nc2nc1C(F)(F)F. The molecule has 1 N–H and O–H groups in total. The maximum atomic E-state index is 14.1. The number of carbonyl (C=O) groups excluding carboxylic acids is 3. The molecule has 0 radical (unpaired) electrons. The zero-order valence-corrected chi connectivity index (χ0v) is 15.3. The molecule has 0 aliphatic heterocycles. The molecule has 1 saturated carbocycles. The van der Waals surface area contributed by atoms with Gasteiger partial charge in [0.25, 0.3) is 0 Å². The van der Waals surface area contributed by atoms with Gasteiger partial charge in [-0.1, -0.05) is 0 Å². The number of alkyl halides is 6. The van der Waals surface area contributed by atoms with Crippen molar-refractivity contribution in [1.29, 1.82) is 0 Å². The Bertz CT molecular complexity index is 1060. The average molecular weight is 451 g/mol. The minimum Gasteiger partial charge on any atom is -0.359 e. The highest BCUT2D eigenvalue weighted by molar-refractivity contribution is 6.25. The lowest BCUT2D eigenvalue weighted by Crippen LogP contribution is -2.36. The fourth-order valence-corrected chi connectivity index (χ4v) is 3.14. The van der Waals surface area contributed by atoms with Gasteiger partial charge in [-0.25, -0.2) is 14.4 Å². The second-order valence-corrected chi connectivity index (χ2v) is 6.80. The van der Waals surface area contributed by atoms with E-state index >= 15 is 0 Å². The summed E-state index contributed by atoms with van der Waals surface area (Å²) in [5.74, 6) is -7.31. The van der Waals surface area contributed by atoms with Crippen molar-refractivity contribution in [3.05, 3.63) is 29.2 Å². The van der Waals surface area contributed by atoms with E-state index < -0.39 is 76.1 Å². The summed E-state index contributed by atoms with van der Waals surface area (Å²) in [7, 11) is 0. The van der Waals surface area contributed by atoms with Crippen molar-refractivity contribution < 1.29 is 45.1 Å². The van der Waals surface area contributed by atoms with Gasteiger partial charge in [-0.2, -0.15) is 26.3 Å². The maximum Gasteiger partial charge on any atom is 0.434 e. The van der Waals surface area contributed by atoms with Crippen LogP contribution in [0.1, 0.15) is 35.3 Å². The number of aromatic nitrogens is 2. The highest BCUT2D eigenvalue weighted by atomic mass is 19.4. The second kappa shape index (κ2) is 7.85. The Balaban J connectivity index is 2.12. The van der Waals surface area contributed by atoms with Crippen LogP contribution in [0.3, 0.4) is 0 Å². The number of nitrogens with zero attached hydrogens (tertiary/aromatic N) is 2. The van der Waals surface area contributed by atoms with Gasteiger partial charge in [0, 0.05) is 18.2 Å². The molecule has 0 aromatic carbocycles. The van der Waals surface area contributed by atoms with Gasteiger partial charge in [0.1, 0.15) is 12.5 Å². The first-order valence-electron chi connectivity index (χ1n) is 8.76. The number of pyridine rings is 2. The molecule has 1 aliphatic rings. The Morgan fingerprint density at radius 3 is 2.19 bits per heavy atom. The third-order valence-corrected chi connectivity index (χ3v) is 4.50. The van der Waals surface area contributed by atoms with Crippen LogP contribution in [0.4, 0.5) is 36.6 Å². The fraction of sp³-hybridized carbons (Fsp3) is 0.389. The van der Waals surface area contributed by atoms with Crippen molar-refractivity contribution in [1.82, 2.24) is 9.97 Å². The fourth-order valence-electron chi connectivity index (χ4n) is 3.14. The van der Waals surface area contributed by atoms with Crippen LogP contribution in [0.15, 0.2) is 12.1 Å². The molecular weight excluding hydrogens is 439 g/mol. The quantitative estimate of drug-likeness (QED) is 0.431. The van der Waals surface area contributed by atoms with Crippen molar-refractivity contribution in [3.8, 4) is 0 Å². The number of Topliss-reactive ketones (excluding diaryl/α,β-unsaturated/α-hetero) is 3. The van der Waals surface area contributed by atoms with E-state index in [9.17, 15) is 45.1 Å². The summed E-state index contributed by atoms with van der Waals surface area (Å²) in [4.78, 5) is 43.2. The average Bonchev–Trinajstić information content (AvgIpc) is 2.63. The Hall–Kier alpha value is -3.12. The van der Waals surface area contributed by atoms with E-state index in [1.165, 1.54) is 0 Å². The predicted octanol–water partition coefficient (Wildman–Crippen LogP) is 3.88. The summed E-state index contributed by atoms with van der Waals surface area (Å²) in [6.07, 6.45) is -10.1. The summed E-state index contributed by atoms with van der Waals surface area (Å²) >= 11 is 0. The molecule has 166 valence electrons. The number of hydrogen-bond donors (Lipinski definition) is 1. The van der Waals surface area contributed by atoms with E-state index in [-0.39, 0.29) is 19.3 Å². The highest BCUT2D eigenvalue weighted by Gasteiger charge is 2.43. The third kappa shape index (κ3) is 4.80. The van der Waals surface area contributed by atoms with Crippen molar-refractivity contribution in [3.63, 3.8) is 0 Å². The van der Waals surface area contributed by atoms with Gasteiger partial charge in [0.15, 0.2) is 40.3 Å². The van der Waals surface area contributed by atoms with Gasteiger partial charge < -0.3 is 5.32 Å². The Labute approximate surface area is 168 Å². The molecule has 2 aromatic heterocycles. The van der Waals surface area contributed by atoms with Crippen LogP contribution in [0.25, 0.3) is 11.0 Å². The van der Waals surface area contributed by atoms with Crippen LogP contribution in [0.2, 0.25) is 0 Å². The van der Waals surface area contributed by atoms with Gasteiger partial charge in [-0.15, -0.1) is 0 Å². The lowest BCUT2D eigenvalue weighted by molar-refractivity contribution is -0.142. The van der Waals surface area contributed by atoms with Crippen molar-refractivity contribution >= 4 is 34.2 Å². The Kier molecular flexibility index (Phi) is 5.72. The van der Waals surface area contributed by atoms with Crippen molar-refractivity contribution in [2.45, 2.75) is 31.6 Å². The summed E-state index contributed by atoms with van der Waals surface area (Å²) in [6, 6.07) is 1.13.